The molecule has 0 radical (unpaired) electrons. The van der Waals surface area contributed by atoms with Crippen LogP contribution in [0, 0.1) is 0 Å². The van der Waals surface area contributed by atoms with Crippen LogP contribution in [0.25, 0.3) is 46.1 Å². The molecule has 0 unspecified atom stereocenters. The minimum atomic E-state index is 0. The molecule has 166 valence electrons. The fourth-order valence-corrected chi connectivity index (χ4v) is 3.92. The molecule has 3 nitrogen and oxygen atoms in total. The molecule has 0 aliphatic carbocycles. The SMILES string of the molecule is C[n+]1ccccc1C=Cc1ccc2[nH]c3ccc(C=Cc4cccc[n+]4C)cc3c2c1.[I-].[I-]. The summed E-state index contributed by atoms with van der Waals surface area (Å²) in [4.78, 5) is 3.54. The van der Waals surface area contributed by atoms with E-state index in [0.717, 1.165) is 11.0 Å². The summed E-state index contributed by atoms with van der Waals surface area (Å²) >= 11 is 0. The molecule has 0 saturated carbocycles. The highest BCUT2D eigenvalue weighted by Gasteiger charge is 2.06. The van der Waals surface area contributed by atoms with Crippen LogP contribution in [0.4, 0.5) is 0 Å². The van der Waals surface area contributed by atoms with Crippen LogP contribution >= 0.6 is 0 Å². The third kappa shape index (κ3) is 5.52. The molecule has 0 amide bonds. The highest BCUT2D eigenvalue weighted by Crippen LogP contribution is 2.28. The molecule has 0 saturated heterocycles. The lowest BCUT2D eigenvalue weighted by molar-refractivity contribution is -0.673. The van der Waals surface area contributed by atoms with Crippen LogP contribution in [0.1, 0.15) is 22.5 Å². The van der Waals surface area contributed by atoms with E-state index in [4.69, 9.17) is 0 Å². The number of halogens is 2. The van der Waals surface area contributed by atoms with Gasteiger partial charge < -0.3 is 52.9 Å². The number of aromatic nitrogens is 3. The second-order valence-electron chi connectivity index (χ2n) is 7.87. The van der Waals surface area contributed by atoms with Gasteiger partial charge in [0.2, 0.25) is 11.4 Å². The van der Waals surface area contributed by atoms with Gasteiger partial charge in [-0.25, -0.2) is 9.13 Å². The van der Waals surface area contributed by atoms with Gasteiger partial charge in [-0.3, -0.25) is 0 Å². The molecule has 0 aliphatic rings. The minimum absolute atomic E-state index is 0. The van der Waals surface area contributed by atoms with E-state index in [1.54, 1.807) is 0 Å². The Bertz CT molecular complexity index is 1360. The monoisotopic (exact) mass is 657 g/mol. The minimum Gasteiger partial charge on any atom is -1.00 e. The zero-order valence-electron chi connectivity index (χ0n) is 18.5. The summed E-state index contributed by atoms with van der Waals surface area (Å²) in [5.41, 5.74) is 7.04. The maximum Gasteiger partial charge on any atom is 0.204 e. The lowest BCUT2D eigenvalue weighted by Gasteiger charge is -1.98. The number of fused-ring (bicyclic) bond motifs is 3. The van der Waals surface area contributed by atoms with E-state index < -0.39 is 0 Å². The van der Waals surface area contributed by atoms with E-state index >= 15 is 0 Å². The van der Waals surface area contributed by atoms with E-state index in [-0.39, 0.29) is 48.0 Å². The van der Waals surface area contributed by atoms with Crippen molar-refractivity contribution >= 4 is 46.1 Å². The molecule has 0 atom stereocenters. The smallest absolute Gasteiger partial charge is 0.204 e. The van der Waals surface area contributed by atoms with Gasteiger partial charge in [-0.15, -0.1) is 0 Å². The van der Waals surface area contributed by atoms with E-state index in [9.17, 15) is 0 Å². The van der Waals surface area contributed by atoms with E-state index in [0.29, 0.717) is 0 Å². The van der Waals surface area contributed by atoms with Crippen molar-refractivity contribution in [1.29, 1.82) is 0 Å². The standard InChI is InChI=1S/C28H24N3.2HI/c1-30-17-5-3-7-23(30)13-9-21-11-15-27-25(19-21)26-20-22(12-16-28(26)29-27)10-14-24-8-4-6-18-31(24)2;;/h3-20H,1-2H3;2*1H/q+1;;/p-1. The highest BCUT2D eigenvalue weighted by molar-refractivity contribution is 6.08. The van der Waals surface area contributed by atoms with Gasteiger partial charge in [-0.1, -0.05) is 12.1 Å². The molecule has 3 heterocycles. The van der Waals surface area contributed by atoms with Crippen molar-refractivity contribution in [3.63, 3.8) is 0 Å². The Balaban J connectivity index is 0.00000153. The number of hydrogen-bond acceptors (Lipinski definition) is 0. The van der Waals surface area contributed by atoms with Crippen LogP contribution in [0.2, 0.25) is 0 Å². The van der Waals surface area contributed by atoms with Gasteiger partial charge in [0.25, 0.3) is 0 Å². The number of aromatic amines is 1. The first-order valence-electron chi connectivity index (χ1n) is 10.5. The summed E-state index contributed by atoms with van der Waals surface area (Å²) in [5.74, 6) is 0. The Morgan fingerprint density at radius 3 is 1.45 bits per heavy atom. The van der Waals surface area contributed by atoms with E-state index in [1.807, 2.05) is 12.1 Å². The Hall–Kier alpha value is -2.52. The summed E-state index contributed by atoms with van der Waals surface area (Å²) < 4.78 is 4.23. The van der Waals surface area contributed by atoms with Crippen LogP contribution in [-0.2, 0) is 14.1 Å². The number of rotatable bonds is 4. The number of nitrogens with zero attached hydrogens (tertiary/aromatic N) is 2. The average Bonchev–Trinajstić information content (AvgIpc) is 3.15. The van der Waals surface area contributed by atoms with Crippen LogP contribution in [0.15, 0.2) is 85.2 Å². The van der Waals surface area contributed by atoms with Gasteiger partial charge in [0, 0.05) is 58.2 Å². The van der Waals surface area contributed by atoms with E-state index in [1.165, 1.54) is 33.3 Å². The van der Waals surface area contributed by atoms with Crippen molar-refractivity contribution in [2.24, 2.45) is 14.1 Å². The lowest BCUT2D eigenvalue weighted by Crippen LogP contribution is -3.00. The third-order valence-corrected chi connectivity index (χ3v) is 5.73. The summed E-state index contributed by atoms with van der Waals surface area (Å²) in [7, 11) is 4.13. The molecule has 33 heavy (non-hydrogen) atoms. The average molecular weight is 657 g/mol. The zero-order chi connectivity index (χ0) is 21.2. The summed E-state index contributed by atoms with van der Waals surface area (Å²) in [6.45, 7) is 0. The van der Waals surface area contributed by atoms with Crippen molar-refractivity contribution in [3.8, 4) is 0 Å². The third-order valence-electron chi connectivity index (χ3n) is 5.73. The summed E-state index contributed by atoms with van der Waals surface area (Å²) in [6, 6.07) is 25.6. The first kappa shape index (κ1) is 25.1. The van der Waals surface area contributed by atoms with Gasteiger partial charge in [0.15, 0.2) is 12.4 Å². The van der Waals surface area contributed by atoms with Gasteiger partial charge in [0.05, 0.1) is 0 Å². The van der Waals surface area contributed by atoms with Crippen molar-refractivity contribution in [1.82, 2.24) is 4.98 Å². The molecular weight excluding hydrogens is 632 g/mol. The molecular formula is C28H25I2N3. The van der Waals surface area contributed by atoms with Gasteiger partial charge >= 0.3 is 0 Å². The number of benzene rings is 2. The maximum atomic E-state index is 3.54. The van der Waals surface area contributed by atoms with Crippen LogP contribution in [-0.4, -0.2) is 4.98 Å². The molecule has 5 aromatic rings. The van der Waals surface area contributed by atoms with Gasteiger partial charge in [-0.2, -0.15) is 0 Å². The Morgan fingerprint density at radius 1 is 0.576 bits per heavy atom. The first-order chi connectivity index (χ1) is 15.2. The maximum absolute atomic E-state index is 3.54. The molecule has 1 N–H and O–H groups in total. The van der Waals surface area contributed by atoms with Crippen molar-refractivity contribution in [3.05, 3.63) is 108 Å². The first-order valence-corrected chi connectivity index (χ1v) is 10.5. The normalized spacial score (nSPS) is 11.2. The zero-order valence-corrected chi connectivity index (χ0v) is 22.9. The fraction of sp³-hybridized carbons (Fsp3) is 0.0714. The van der Waals surface area contributed by atoms with Crippen LogP contribution < -0.4 is 57.1 Å². The van der Waals surface area contributed by atoms with Crippen LogP contribution in [0.3, 0.4) is 0 Å². The van der Waals surface area contributed by atoms with Crippen molar-refractivity contribution in [2.75, 3.05) is 0 Å². The predicted molar refractivity (Wildman–Crippen MR) is 129 cm³/mol. The molecule has 5 heteroatoms. The number of nitrogens with one attached hydrogen (secondary N) is 1. The second-order valence-corrected chi connectivity index (χ2v) is 7.87. The second kappa shape index (κ2) is 11.1. The number of H-pyrrole nitrogens is 1. The number of hydrogen-bond donors (Lipinski definition) is 1. The predicted octanol–water partition coefficient (Wildman–Crippen LogP) is -0.681. The van der Waals surface area contributed by atoms with Crippen molar-refractivity contribution in [2.45, 2.75) is 0 Å². The number of pyridine rings is 2. The van der Waals surface area contributed by atoms with Gasteiger partial charge in [-0.05, 0) is 59.7 Å². The molecule has 2 aromatic carbocycles. The molecule has 0 fully saturated rings. The molecule has 0 bridgehead atoms. The van der Waals surface area contributed by atoms with Crippen LogP contribution in [0.5, 0.6) is 0 Å². The molecule has 0 aliphatic heterocycles. The topological polar surface area (TPSA) is 23.5 Å². The lowest BCUT2D eigenvalue weighted by atomic mass is 10.1. The Morgan fingerprint density at radius 2 is 1.03 bits per heavy atom. The number of aryl methyl sites for hydroxylation is 2. The van der Waals surface area contributed by atoms with E-state index in [2.05, 4.69) is 126 Å². The van der Waals surface area contributed by atoms with Crippen molar-refractivity contribution < 1.29 is 57.1 Å². The Labute approximate surface area is 228 Å². The quantitative estimate of drug-likeness (QED) is 0.196. The summed E-state index contributed by atoms with van der Waals surface area (Å²) in [5, 5.41) is 2.49. The molecule has 5 rings (SSSR count). The van der Waals surface area contributed by atoms with Gasteiger partial charge in [0.1, 0.15) is 14.1 Å². The fourth-order valence-electron chi connectivity index (χ4n) is 3.92. The highest BCUT2D eigenvalue weighted by atomic mass is 127. The molecule has 0 spiro atoms. The molecule has 3 aromatic heterocycles. The Kier molecular flexibility index (Phi) is 8.42. The summed E-state index contributed by atoms with van der Waals surface area (Å²) in [6.07, 6.45) is 12.8. The largest absolute Gasteiger partial charge is 1.00 e.